The quantitative estimate of drug-likeness (QED) is 0.438. The van der Waals surface area contributed by atoms with Crippen LogP contribution < -0.4 is 10.7 Å². The zero-order chi connectivity index (χ0) is 13.7. The predicted molar refractivity (Wildman–Crippen MR) is 63.6 cm³/mol. The number of pyridine rings is 1. The molecule has 0 fully saturated rings. The summed E-state index contributed by atoms with van der Waals surface area (Å²) in [4.78, 5) is 39.6. The first-order valence-electron chi connectivity index (χ1n) is 4.40. The maximum atomic E-state index is 11.1. The molecule has 0 spiro atoms. The van der Waals surface area contributed by atoms with E-state index < -0.39 is 25.9 Å². The number of imidazole rings is 1. The molecule has 18 heavy (non-hydrogen) atoms. The molecular weight excluding hydrogens is 305 g/mol. The van der Waals surface area contributed by atoms with Crippen molar-refractivity contribution in [2.45, 2.75) is 0 Å². The van der Waals surface area contributed by atoms with Crippen LogP contribution >= 0.6 is 26.8 Å². The predicted octanol–water partition coefficient (Wildman–Crippen LogP) is -0.406. The third-order valence-corrected chi connectivity index (χ3v) is 4.46. The Morgan fingerprint density at radius 2 is 1.72 bits per heavy atom. The number of hydrogen-bond acceptors (Lipinski definition) is 3. The molecule has 0 aliphatic carbocycles. The summed E-state index contributed by atoms with van der Waals surface area (Å²) in [6, 6.07) is 2.27. The Labute approximate surface area is 105 Å². The third-order valence-electron chi connectivity index (χ3n) is 2.15. The fourth-order valence-electron chi connectivity index (χ4n) is 1.36. The van der Waals surface area contributed by atoms with Crippen molar-refractivity contribution in [1.29, 1.82) is 0 Å². The molecule has 8 nitrogen and oxygen atoms in total. The van der Waals surface area contributed by atoms with Crippen molar-refractivity contribution >= 4 is 43.2 Å². The molecule has 0 aromatic carbocycles. The molecule has 0 unspecified atom stereocenters. The summed E-state index contributed by atoms with van der Waals surface area (Å²) >= 11 is 5.77. The van der Waals surface area contributed by atoms with Crippen LogP contribution in [0, 0.1) is 0 Å². The Kier molecular flexibility index (Phi) is 3.16. The molecule has 2 aromatic heterocycles. The number of aromatic nitrogens is 2. The van der Waals surface area contributed by atoms with Gasteiger partial charge in [-0.25, -0.2) is 4.98 Å². The highest BCUT2D eigenvalue weighted by atomic mass is 35.5. The Morgan fingerprint density at radius 1 is 1.11 bits per heavy atom. The largest absolute Gasteiger partial charge is 0.376 e. The van der Waals surface area contributed by atoms with Gasteiger partial charge in [0.1, 0.15) is 10.8 Å². The van der Waals surface area contributed by atoms with Gasteiger partial charge in [0.05, 0.1) is 5.30 Å². The first-order valence-corrected chi connectivity index (χ1v) is 8.01. The molecule has 0 saturated carbocycles. The van der Waals surface area contributed by atoms with Gasteiger partial charge in [0, 0.05) is 6.20 Å². The topological polar surface area (TPSA) is 132 Å². The molecule has 0 amide bonds. The van der Waals surface area contributed by atoms with E-state index in [0.717, 1.165) is 16.7 Å². The molecule has 0 radical (unpaired) electrons. The van der Waals surface area contributed by atoms with E-state index in [-0.39, 0.29) is 10.8 Å². The fraction of sp³-hybridized carbons (Fsp3) is 0. The minimum Gasteiger partial charge on any atom is -0.321 e. The van der Waals surface area contributed by atoms with E-state index in [1.165, 1.54) is 6.07 Å². The third kappa shape index (κ3) is 2.37. The van der Waals surface area contributed by atoms with Gasteiger partial charge < -0.3 is 19.6 Å². The highest BCUT2D eigenvalue weighted by molar-refractivity contribution is 7.60. The lowest BCUT2D eigenvalue weighted by molar-refractivity contribution is 0.385. The summed E-state index contributed by atoms with van der Waals surface area (Å²) in [6.45, 7) is 0. The average Bonchev–Trinajstić information content (AvgIpc) is 2.59. The van der Waals surface area contributed by atoms with Crippen LogP contribution in [0.1, 0.15) is 0 Å². The second-order valence-electron chi connectivity index (χ2n) is 3.42. The maximum Gasteiger partial charge on any atom is 0.376 e. The van der Waals surface area contributed by atoms with Crippen LogP contribution in [0.2, 0.25) is 5.15 Å². The van der Waals surface area contributed by atoms with Crippen LogP contribution in [0.15, 0.2) is 18.3 Å². The van der Waals surface area contributed by atoms with Crippen LogP contribution in [0.3, 0.4) is 0 Å². The molecule has 0 bridgehead atoms. The summed E-state index contributed by atoms with van der Waals surface area (Å²) in [5.74, 6) is 0. The molecule has 0 aliphatic heterocycles. The molecule has 0 atom stereocenters. The highest BCUT2D eigenvalue weighted by Crippen LogP contribution is 2.37. The van der Waals surface area contributed by atoms with E-state index in [4.69, 9.17) is 31.2 Å². The molecule has 2 aromatic rings. The average molecular weight is 313 g/mol. The maximum absolute atomic E-state index is 11.1. The van der Waals surface area contributed by atoms with Crippen LogP contribution in [0.5, 0.6) is 0 Å². The summed E-state index contributed by atoms with van der Waals surface area (Å²) in [5.41, 5.74) is -0.442. The summed E-state index contributed by atoms with van der Waals surface area (Å²) in [7, 11) is -9.12. The van der Waals surface area contributed by atoms with Gasteiger partial charge in [-0.05, 0) is 12.1 Å². The summed E-state index contributed by atoms with van der Waals surface area (Å²) in [5, 5.41) is -0.778. The molecule has 98 valence electrons. The monoisotopic (exact) mass is 312 g/mol. The van der Waals surface area contributed by atoms with E-state index in [1.54, 1.807) is 0 Å². The van der Waals surface area contributed by atoms with E-state index >= 15 is 0 Å². The molecule has 2 heterocycles. The zero-order valence-electron chi connectivity index (χ0n) is 8.50. The van der Waals surface area contributed by atoms with Crippen LogP contribution in [0.4, 0.5) is 0 Å². The lowest BCUT2D eigenvalue weighted by atomic mass is 10.5. The number of nitrogens with zero attached hydrogens (tertiary/aromatic N) is 2. The van der Waals surface area contributed by atoms with Crippen molar-refractivity contribution in [1.82, 2.24) is 9.38 Å². The minimum absolute atomic E-state index is 0.0792. The Bertz CT molecular complexity index is 716. The number of halogens is 1. The van der Waals surface area contributed by atoms with Gasteiger partial charge >= 0.3 is 15.2 Å². The van der Waals surface area contributed by atoms with Gasteiger partial charge in [0.25, 0.3) is 0 Å². The molecule has 0 aliphatic rings. The summed E-state index contributed by atoms with van der Waals surface area (Å²) < 4.78 is 23.1. The highest BCUT2D eigenvalue weighted by Gasteiger charge is 2.26. The van der Waals surface area contributed by atoms with Crippen molar-refractivity contribution in [2.24, 2.45) is 0 Å². The van der Waals surface area contributed by atoms with Gasteiger partial charge in [-0.3, -0.25) is 13.5 Å². The molecule has 0 saturated heterocycles. The van der Waals surface area contributed by atoms with Crippen molar-refractivity contribution in [3.63, 3.8) is 0 Å². The molecule has 2 rings (SSSR count). The Morgan fingerprint density at radius 3 is 2.22 bits per heavy atom. The van der Waals surface area contributed by atoms with Crippen molar-refractivity contribution in [3.8, 4) is 0 Å². The normalized spacial score (nSPS) is 13.2. The molecular formula is C7H7ClN2O6P2. The molecule has 4 N–H and O–H groups in total. The van der Waals surface area contributed by atoms with Gasteiger partial charge in [0.2, 0.25) is 0 Å². The lowest BCUT2D eigenvalue weighted by Crippen LogP contribution is -2.09. The van der Waals surface area contributed by atoms with Crippen LogP contribution in [0.25, 0.3) is 5.65 Å². The fourth-order valence-corrected chi connectivity index (χ4v) is 3.00. The molecule has 11 heteroatoms. The number of hydrogen-bond donors (Lipinski definition) is 4. The van der Waals surface area contributed by atoms with Gasteiger partial charge in [-0.2, -0.15) is 0 Å². The first-order chi connectivity index (χ1) is 8.10. The smallest absolute Gasteiger partial charge is 0.321 e. The first kappa shape index (κ1) is 13.7. The van der Waals surface area contributed by atoms with E-state index in [9.17, 15) is 9.13 Å². The number of fused-ring (bicyclic) bond motifs is 1. The van der Waals surface area contributed by atoms with E-state index in [2.05, 4.69) is 4.98 Å². The lowest BCUT2D eigenvalue weighted by Gasteiger charge is -2.07. The second-order valence-corrected chi connectivity index (χ2v) is 6.90. The van der Waals surface area contributed by atoms with Crippen LogP contribution in [-0.2, 0) is 9.13 Å². The Hall–Kier alpha value is -0.720. The van der Waals surface area contributed by atoms with Gasteiger partial charge in [0.15, 0.2) is 5.44 Å². The van der Waals surface area contributed by atoms with E-state index in [0.29, 0.717) is 0 Å². The van der Waals surface area contributed by atoms with Crippen molar-refractivity contribution in [2.75, 3.05) is 0 Å². The van der Waals surface area contributed by atoms with E-state index in [1.807, 2.05) is 0 Å². The second kappa shape index (κ2) is 4.15. The number of rotatable bonds is 2. The van der Waals surface area contributed by atoms with Crippen LogP contribution in [-0.4, -0.2) is 29.0 Å². The van der Waals surface area contributed by atoms with Gasteiger partial charge in [-0.15, -0.1) is 0 Å². The van der Waals surface area contributed by atoms with Gasteiger partial charge in [-0.1, -0.05) is 11.6 Å². The summed E-state index contributed by atoms with van der Waals surface area (Å²) in [6.07, 6.45) is 0.942. The van der Waals surface area contributed by atoms with Crippen molar-refractivity contribution in [3.05, 3.63) is 23.5 Å². The minimum atomic E-state index is -4.57. The Balaban J connectivity index is 2.77. The van der Waals surface area contributed by atoms with Crippen molar-refractivity contribution < 1.29 is 28.7 Å². The zero-order valence-corrected chi connectivity index (χ0v) is 11.0. The standard InChI is InChI=1S/C7H7ClN2O6P2/c8-7-4(17(11,12)13)1-2-5-9-6(3-10(5)7)18(14,15)16/h1-3H,(H2,11,12,13)(H2,14,15,16). The SMILES string of the molecule is O=P(O)(O)c1cn2c(Cl)c(P(=O)(O)O)ccc2n1.